The van der Waals surface area contributed by atoms with E-state index in [-0.39, 0.29) is 5.82 Å². The molecule has 6 heteroatoms. The smallest absolute Gasteiger partial charge is 0.166 e. The Labute approximate surface area is 126 Å². The summed E-state index contributed by atoms with van der Waals surface area (Å²) < 4.78 is 24.7. The van der Waals surface area contributed by atoms with Crippen LogP contribution in [0.15, 0.2) is 36.4 Å². The first-order valence-corrected chi connectivity index (χ1v) is 6.88. The van der Waals surface area contributed by atoms with Gasteiger partial charge in [0.1, 0.15) is 19.0 Å². The van der Waals surface area contributed by atoms with Gasteiger partial charge >= 0.3 is 0 Å². The van der Waals surface area contributed by atoms with Crippen molar-refractivity contribution < 1.29 is 13.9 Å². The molecule has 1 aliphatic heterocycles. The van der Waals surface area contributed by atoms with Crippen LogP contribution in [0.2, 0.25) is 5.02 Å². The van der Waals surface area contributed by atoms with Crippen molar-refractivity contribution in [2.45, 2.75) is 6.04 Å². The molecule has 0 saturated carbocycles. The van der Waals surface area contributed by atoms with Gasteiger partial charge in [-0.25, -0.2) is 9.82 Å². The first-order valence-electron chi connectivity index (χ1n) is 6.50. The fourth-order valence-corrected chi connectivity index (χ4v) is 2.63. The Balaban J connectivity index is 2.10. The van der Waals surface area contributed by atoms with E-state index in [1.165, 1.54) is 18.2 Å². The Kier molecular flexibility index (Phi) is 3.96. The van der Waals surface area contributed by atoms with Gasteiger partial charge in [-0.05, 0) is 29.8 Å². The summed E-state index contributed by atoms with van der Waals surface area (Å²) >= 11 is 6.17. The zero-order valence-electron chi connectivity index (χ0n) is 11.1. The lowest BCUT2D eigenvalue weighted by Gasteiger charge is -2.25. The average molecular weight is 309 g/mol. The summed E-state index contributed by atoms with van der Waals surface area (Å²) in [5.74, 6) is 6.53. The van der Waals surface area contributed by atoms with Crippen molar-refractivity contribution in [3.05, 3.63) is 58.4 Å². The highest BCUT2D eigenvalue weighted by Gasteiger charge is 2.24. The van der Waals surface area contributed by atoms with Gasteiger partial charge in [-0.3, -0.25) is 5.84 Å². The summed E-state index contributed by atoms with van der Waals surface area (Å²) in [6, 6.07) is 9.17. The topological polar surface area (TPSA) is 56.5 Å². The van der Waals surface area contributed by atoms with Gasteiger partial charge in [0.15, 0.2) is 11.5 Å². The van der Waals surface area contributed by atoms with Crippen molar-refractivity contribution >= 4 is 11.6 Å². The van der Waals surface area contributed by atoms with E-state index in [1.807, 2.05) is 18.2 Å². The molecule has 0 fully saturated rings. The van der Waals surface area contributed by atoms with Crippen molar-refractivity contribution in [1.82, 2.24) is 5.43 Å². The van der Waals surface area contributed by atoms with Crippen LogP contribution in [0.3, 0.4) is 0 Å². The van der Waals surface area contributed by atoms with Gasteiger partial charge in [0.05, 0.1) is 6.04 Å². The predicted octanol–water partition coefficient (Wildman–Crippen LogP) is 2.80. The molecule has 0 aliphatic carbocycles. The fourth-order valence-electron chi connectivity index (χ4n) is 2.41. The summed E-state index contributed by atoms with van der Waals surface area (Å²) in [7, 11) is 0. The van der Waals surface area contributed by atoms with E-state index in [1.54, 1.807) is 0 Å². The van der Waals surface area contributed by atoms with Gasteiger partial charge < -0.3 is 9.47 Å². The van der Waals surface area contributed by atoms with E-state index in [2.05, 4.69) is 5.43 Å². The quantitative estimate of drug-likeness (QED) is 0.676. The number of fused-ring (bicyclic) bond motifs is 1. The largest absolute Gasteiger partial charge is 0.486 e. The standard InChI is InChI=1S/C15H14ClFN2O2/c16-12-5-4-9(17)8-11(12)14(19-18)10-2-1-3-13-15(10)21-7-6-20-13/h1-5,8,14,19H,6-7,18H2. The molecule has 0 radical (unpaired) electrons. The van der Waals surface area contributed by atoms with Gasteiger partial charge in [-0.1, -0.05) is 23.7 Å². The van der Waals surface area contributed by atoms with Gasteiger partial charge in [0.2, 0.25) is 0 Å². The summed E-state index contributed by atoms with van der Waals surface area (Å²) in [6.45, 7) is 0.954. The van der Waals surface area contributed by atoms with E-state index < -0.39 is 6.04 Å². The van der Waals surface area contributed by atoms with Crippen molar-refractivity contribution in [1.29, 1.82) is 0 Å². The van der Waals surface area contributed by atoms with Gasteiger partial charge in [0, 0.05) is 10.6 Å². The number of benzene rings is 2. The van der Waals surface area contributed by atoms with Crippen LogP contribution in [0, 0.1) is 5.82 Å². The van der Waals surface area contributed by atoms with Gasteiger partial charge in [0.25, 0.3) is 0 Å². The second kappa shape index (κ2) is 5.89. The van der Waals surface area contributed by atoms with Crippen LogP contribution < -0.4 is 20.7 Å². The van der Waals surface area contributed by atoms with Crippen molar-refractivity contribution in [2.24, 2.45) is 5.84 Å². The molecule has 1 heterocycles. The summed E-state index contributed by atoms with van der Waals surface area (Å²) in [5, 5.41) is 0.425. The minimum Gasteiger partial charge on any atom is -0.486 e. The normalized spacial score (nSPS) is 14.8. The van der Waals surface area contributed by atoms with Crippen LogP contribution in [0.5, 0.6) is 11.5 Å². The van der Waals surface area contributed by atoms with Gasteiger partial charge in [-0.2, -0.15) is 0 Å². The highest BCUT2D eigenvalue weighted by Crippen LogP contribution is 2.40. The molecule has 0 aromatic heterocycles. The molecule has 3 rings (SSSR count). The molecule has 1 atom stereocenters. The monoisotopic (exact) mass is 308 g/mol. The highest BCUT2D eigenvalue weighted by atomic mass is 35.5. The third-order valence-corrected chi connectivity index (χ3v) is 3.69. The van der Waals surface area contributed by atoms with Gasteiger partial charge in [-0.15, -0.1) is 0 Å². The lowest BCUT2D eigenvalue weighted by atomic mass is 9.97. The van der Waals surface area contributed by atoms with E-state index in [4.69, 9.17) is 26.9 Å². The van der Waals surface area contributed by atoms with E-state index in [0.29, 0.717) is 35.3 Å². The summed E-state index contributed by atoms with van der Waals surface area (Å²) in [4.78, 5) is 0. The van der Waals surface area contributed by atoms with Crippen molar-refractivity contribution in [2.75, 3.05) is 13.2 Å². The van der Waals surface area contributed by atoms with Crippen LogP contribution in [-0.4, -0.2) is 13.2 Å². The summed E-state index contributed by atoms with van der Waals surface area (Å²) in [5.41, 5.74) is 3.96. The number of nitrogens with one attached hydrogen (secondary N) is 1. The van der Waals surface area contributed by atoms with E-state index >= 15 is 0 Å². The molecular weight excluding hydrogens is 295 g/mol. The zero-order chi connectivity index (χ0) is 14.8. The lowest BCUT2D eigenvalue weighted by molar-refractivity contribution is 0.169. The number of hydrazine groups is 1. The molecule has 2 aromatic rings. The minimum absolute atomic E-state index is 0.378. The molecular formula is C15H14ClFN2O2. The third kappa shape index (κ3) is 2.68. The number of para-hydroxylation sites is 1. The zero-order valence-corrected chi connectivity index (χ0v) is 11.9. The summed E-state index contributed by atoms with van der Waals surface area (Å²) in [6.07, 6.45) is 0. The Morgan fingerprint density at radius 3 is 2.76 bits per heavy atom. The SMILES string of the molecule is NNC(c1cc(F)ccc1Cl)c1cccc2c1OCCO2. The number of halogens is 2. The molecule has 110 valence electrons. The predicted molar refractivity (Wildman–Crippen MR) is 78.0 cm³/mol. The van der Waals surface area contributed by atoms with Crippen LogP contribution in [-0.2, 0) is 0 Å². The maximum Gasteiger partial charge on any atom is 0.166 e. The molecule has 1 unspecified atom stereocenters. The molecule has 0 bridgehead atoms. The number of rotatable bonds is 3. The maximum atomic E-state index is 13.5. The molecule has 0 saturated heterocycles. The van der Waals surface area contributed by atoms with E-state index in [9.17, 15) is 4.39 Å². The molecule has 0 amide bonds. The number of hydrogen-bond acceptors (Lipinski definition) is 4. The molecule has 0 spiro atoms. The Morgan fingerprint density at radius 2 is 1.95 bits per heavy atom. The van der Waals surface area contributed by atoms with Crippen LogP contribution in [0.25, 0.3) is 0 Å². The third-order valence-electron chi connectivity index (χ3n) is 3.34. The second-order valence-electron chi connectivity index (χ2n) is 4.64. The Morgan fingerprint density at radius 1 is 1.14 bits per heavy atom. The molecule has 21 heavy (non-hydrogen) atoms. The Bertz CT molecular complexity index is 666. The average Bonchev–Trinajstić information content (AvgIpc) is 2.51. The van der Waals surface area contributed by atoms with Crippen LogP contribution in [0.4, 0.5) is 4.39 Å². The minimum atomic E-state index is -0.496. The van der Waals surface area contributed by atoms with Crippen molar-refractivity contribution in [3.8, 4) is 11.5 Å². The molecule has 1 aliphatic rings. The first kappa shape index (κ1) is 14.1. The number of ether oxygens (including phenoxy) is 2. The van der Waals surface area contributed by atoms with Crippen LogP contribution >= 0.6 is 11.6 Å². The molecule has 2 aromatic carbocycles. The van der Waals surface area contributed by atoms with Crippen LogP contribution in [0.1, 0.15) is 17.2 Å². The number of hydrogen-bond donors (Lipinski definition) is 2. The lowest BCUT2D eigenvalue weighted by Crippen LogP contribution is -2.30. The first-order chi connectivity index (χ1) is 10.2. The van der Waals surface area contributed by atoms with E-state index in [0.717, 1.165) is 5.56 Å². The van der Waals surface area contributed by atoms with Crippen molar-refractivity contribution in [3.63, 3.8) is 0 Å². The fraction of sp³-hybridized carbons (Fsp3) is 0.200. The second-order valence-corrected chi connectivity index (χ2v) is 5.04. The molecule has 4 nitrogen and oxygen atoms in total. The Hall–Kier alpha value is -1.82. The highest BCUT2D eigenvalue weighted by molar-refractivity contribution is 6.31. The molecule has 3 N–H and O–H groups in total. The maximum absolute atomic E-state index is 13.5. The number of nitrogens with two attached hydrogens (primary N) is 1.